The number of carboxylic acid groups (broad SMARTS) is 1. The van der Waals surface area contributed by atoms with Gasteiger partial charge in [-0.1, -0.05) is 30.3 Å². The number of carboxylic acids is 1. The molecule has 5 nitrogen and oxygen atoms in total. The number of likely N-dealkylation sites (tertiary alicyclic amines) is 1. The normalized spacial score (nSPS) is 21.5. The van der Waals surface area contributed by atoms with Gasteiger partial charge < -0.3 is 14.7 Å². The number of rotatable bonds is 6. The summed E-state index contributed by atoms with van der Waals surface area (Å²) in [6.45, 7) is 3.59. The molecular weight excluding hydrogens is 270 g/mol. The summed E-state index contributed by atoms with van der Waals surface area (Å²) in [6, 6.07) is 9.55. The molecule has 0 bridgehead atoms. The Balaban J connectivity index is 2.05. The molecule has 1 aliphatic heterocycles. The smallest absolute Gasteiger partial charge is 0.308 e. The van der Waals surface area contributed by atoms with Gasteiger partial charge in [-0.2, -0.15) is 0 Å². The van der Waals surface area contributed by atoms with Crippen LogP contribution in [0, 0.1) is 5.92 Å². The summed E-state index contributed by atoms with van der Waals surface area (Å²) in [5.41, 5.74) is 0.977. The number of nitrogens with zero attached hydrogens (tertiary/aromatic N) is 1. The lowest BCUT2D eigenvalue weighted by Crippen LogP contribution is -2.30. The Kier molecular flexibility index (Phi) is 5.33. The molecule has 114 valence electrons. The monoisotopic (exact) mass is 291 g/mol. The lowest BCUT2D eigenvalue weighted by molar-refractivity contribution is -0.141. The van der Waals surface area contributed by atoms with Crippen LogP contribution in [-0.4, -0.2) is 48.2 Å². The molecule has 1 fully saturated rings. The molecule has 21 heavy (non-hydrogen) atoms. The maximum atomic E-state index is 12.1. The Hall–Kier alpha value is -1.88. The second-order valence-electron chi connectivity index (χ2n) is 5.21. The Morgan fingerprint density at radius 3 is 2.62 bits per heavy atom. The number of carbonyl (C=O) groups excluding carboxylic acids is 1. The van der Waals surface area contributed by atoms with E-state index in [1.54, 1.807) is 4.90 Å². The van der Waals surface area contributed by atoms with Crippen molar-refractivity contribution in [3.63, 3.8) is 0 Å². The summed E-state index contributed by atoms with van der Waals surface area (Å²) in [5.74, 6) is -1.56. The van der Waals surface area contributed by atoms with Gasteiger partial charge in [0.2, 0.25) is 5.91 Å². The zero-order valence-electron chi connectivity index (χ0n) is 12.2. The van der Waals surface area contributed by atoms with Crippen molar-refractivity contribution in [3.05, 3.63) is 35.9 Å². The Morgan fingerprint density at radius 2 is 2.00 bits per heavy atom. The Bertz CT molecular complexity index is 488. The highest BCUT2D eigenvalue weighted by molar-refractivity contribution is 5.79. The quantitative estimate of drug-likeness (QED) is 0.811. The van der Waals surface area contributed by atoms with E-state index in [0.717, 1.165) is 5.56 Å². The third kappa shape index (κ3) is 3.82. The van der Waals surface area contributed by atoms with Crippen molar-refractivity contribution in [1.82, 2.24) is 4.90 Å². The summed E-state index contributed by atoms with van der Waals surface area (Å²) in [5, 5.41) is 9.40. The van der Waals surface area contributed by atoms with Crippen molar-refractivity contribution in [2.75, 3.05) is 26.3 Å². The number of aliphatic carboxylic acids is 1. The third-order valence-electron chi connectivity index (χ3n) is 3.88. The van der Waals surface area contributed by atoms with E-state index in [1.807, 2.05) is 37.3 Å². The zero-order valence-corrected chi connectivity index (χ0v) is 12.2. The molecule has 1 aromatic carbocycles. The predicted octanol–water partition coefficient (Wildman–Crippen LogP) is 1.74. The van der Waals surface area contributed by atoms with Crippen LogP contribution in [0.2, 0.25) is 0 Å². The van der Waals surface area contributed by atoms with E-state index in [2.05, 4.69) is 0 Å². The van der Waals surface area contributed by atoms with Gasteiger partial charge in [0.1, 0.15) is 0 Å². The van der Waals surface area contributed by atoms with E-state index in [9.17, 15) is 14.7 Å². The van der Waals surface area contributed by atoms with Crippen LogP contribution in [0.3, 0.4) is 0 Å². The summed E-state index contributed by atoms with van der Waals surface area (Å²) in [4.78, 5) is 25.2. The van der Waals surface area contributed by atoms with Crippen LogP contribution in [0.1, 0.15) is 24.8 Å². The summed E-state index contributed by atoms with van der Waals surface area (Å²) in [6.07, 6.45) is 0.307. The molecule has 5 heteroatoms. The van der Waals surface area contributed by atoms with E-state index in [0.29, 0.717) is 26.2 Å². The molecule has 0 aliphatic carbocycles. The maximum absolute atomic E-state index is 12.1. The summed E-state index contributed by atoms with van der Waals surface area (Å²) >= 11 is 0. The van der Waals surface area contributed by atoms with Gasteiger partial charge in [0.25, 0.3) is 0 Å². The van der Waals surface area contributed by atoms with Gasteiger partial charge in [0, 0.05) is 25.6 Å². The van der Waals surface area contributed by atoms with Crippen molar-refractivity contribution < 1.29 is 19.4 Å². The van der Waals surface area contributed by atoms with E-state index < -0.39 is 11.9 Å². The van der Waals surface area contributed by atoms with Gasteiger partial charge in [-0.25, -0.2) is 0 Å². The SMILES string of the molecule is CCOCCC(=O)N1CC(C(=O)O)C(c2ccccc2)C1. The highest BCUT2D eigenvalue weighted by atomic mass is 16.5. The Morgan fingerprint density at radius 1 is 1.29 bits per heavy atom. The number of ether oxygens (including phenoxy) is 1. The zero-order chi connectivity index (χ0) is 15.2. The van der Waals surface area contributed by atoms with Crippen molar-refractivity contribution in [2.24, 2.45) is 5.92 Å². The molecule has 1 N–H and O–H groups in total. The minimum atomic E-state index is -0.844. The maximum Gasteiger partial charge on any atom is 0.308 e. The number of hydrogen-bond donors (Lipinski definition) is 1. The first-order valence-corrected chi connectivity index (χ1v) is 7.26. The van der Waals surface area contributed by atoms with Crippen LogP contribution < -0.4 is 0 Å². The van der Waals surface area contributed by atoms with Crippen LogP contribution in [0.5, 0.6) is 0 Å². The van der Waals surface area contributed by atoms with Crippen molar-refractivity contribution in [1.29, 1.82) is 0 Å². The molecular formula is C16H21NO4. The largest absolute Gasteiger partial charge is 0.481 e. The predicted molar refractivity (Wildman–Crippen MR) is 78.0 cm³/mol. The number of hydrogen-bond acceptors (Lipinski definition) is 3. The first-order valence-electron chi connectivity index (χ1n) is 7.26. The minimum absolute atomic E-state index is 0.0341. The van der Waals surface area contributed by atoms with Crippen LogP contribution in [0.25, 0.3) is 0 Å². The molecule has 0 radical (unpaired) electrons. The highest BCUT2D eigenvalue weighted by Gasteiger charge is 2.40. The second-order valence-corrected chi connectivity index (χ2v) is 5.21. The Labute approximate surface area is 124 Å². The van der Waals surface area contributed by atoms with Gasteiger partial charge in [-0.05, 0) is 12.5 Å². The molecule has 1 amide bonds. The number of carbonyl (C=O) groups is 2. The molecule has 2 unspecified atom stereocenters. The van der Waals surface area contributed by atoms with E-state index in [4.69, 9.17) is 4.74 Å². The molecule has 1 aliphatic rings. The standard InChI is InChI=1S/C16H21NO4/c1-2-21-9-8-15(18)17-10-13(14(11-17)16(19)20)12-6-4-3-5-7-12/h3-7,13-14H,2,8-11H2,1H3,(H,19,20). The van der Waals surface area contributed by atoms with Gasteiger partial charge in [-0.3, -0.25) is 9.59 Å². The van der Waals surface area contributed by atoms with Gasteiger partial charge >= 0.3 is 5.97 Å². The van der Waals surface area contributed by atoms with Crippen LogP contribution >= 0.6 is 0 Å². The number of benzene rings is 1. The van der Waals surface area contributed by atoms with Crippen LogP contribution in [0.15, 0.2) is 30.3 Å². The third-order valence-corrected chi connectivity index (χ3v) is 3.88. The van der Waals surface area contributed by atoms with Crippen molar-refractivity contribution >= 4 is 11.9 Å². The van der Waals surface area contributed by atoms with Gasteiger partial charge in [0.15, 0.2) is 0 Å². The van der Waals surface area contributed by atoms with Gasteiger partial charge in [0.05, 0.1) is 18.9 Å². The van der Waals surface area contributed by atoms with Crippen molar-refractivity contribution in [3.8, 4) is 0 Å². The molecule has 0 saturated carbocycles. The minimum Gasteiger partial charge on any atom is -0.481 e. The molecule has 2 atom stereocenters. The summed E-state index contributed by atoms with van der Waals surface area (Å²) < 4.78 is 5.19. The molecule has 0 aromatic heterocycles. The molecule has 1 heterocycles. The fourth-order valence-corrected chi connectivity index (χ4v) is 2.76. The summed E-state index contributed by atoms with van der Waals surface area (Å²) in [7, 11) is 0. The van der Waals surface area contributed by atoms with Crippen LogP contribution in [0.4, 0.5) is 0 Å². The molecule has 1 saturated heterocycles. The molecule has 1 aromatic rings. The van der Waals surface area contributed by atoms with Gasteiger partial charge in [-0.15, -0.1) is 0 Å². The second kappa shape index (κ2) is 7.22. The van der Waals surface area contributed by atoms with E-state index >= 15 is 0 Å². The van der Waals surface area contributed by atoms with E-state index in [-0.39, 0.29) is 18.4 Å². The average molecular weight is 291 g/mol. The lowest BCUT2D eigenvalue weighted by Gasteiger charge is -2.16. The fraction of sp³-hybridized carbons (Fsp3) is 0.500. The van der Waals surface area contributed by atoms with E-state index in [1.165, 1.54) is 0 Å². The van der Waals surface area contributed by atoms with Crippen molar-refractivity contribution in [2.45, 2.75) is 19.3 Å². The lowest BCUT2D eigenvalue weighted by atomic mass is 9.89. The van der Waals surface area contributed by atoms with Crippen LogP contribution in [-0.2, 0) is 14.3 Å². The number of amides is 1. The first kappa shape index (κ1) is 15.5. The highest BCUT2D eigenvalue weighted by Crippen LogP contribution is 2.33. The molecule has 2 rings (SSSR count). The molecule has 0 spiro atoms. The average Bonchev–Trinajstić information content (AvgIpc) is 2.94. The topological polar surface area (TPSA) is 66.8 Å². The first-order chi connectivity index (χ1) is 10.1. The fourth-order valence-electron chi connectivity index (χ4n) is 2.76.